The van der Waals surface area contributed by atoms with E-state index < -0.39 is 0 Å². The highest BCUT2D eigenvalue weighted by atomic mass is 32.1. The summed E-state index contributed by atoms with van der Waals surface area (Å²) in [6, 6.07) is 10.6. The maximum Gasteiger partial charge on any atom is 0.270 e. The summed E-state index contributed by atoms with van der Waals surface area (Å²) in [5.41, 5.74) is 5.21. The number of carbonyl (C=O) groups excluding carboxylic acids is 1. The predicted molar refractivity (Wildman–Crippen MR) is 126 cm³/mol. The molecule has 6 heterocycles. The van der Waals surface area contributed by atoms with Crippen molar-refractivity contribution in [2.45, 2.75) is 18.5 Å². The number of hydrogen-bond donors (Lipinski definition) is 1. The molecule has 9 heteroatoms. The van der Waals surface area contributed by atoms with E-state index in [4.69, 9.17) is 4.74 Å². The molecule has 2 fully saturated rings. The van der Waals surface area contributed by atoms with Crippen LogP contribution in [-0.4, -0.2) is 68.9 Å². The summed E-state index contributed by atoms with van der Waals surface area (Å²) < 4.78 is 8.14. The predicted octanol–water partition coefficient (Wildman–Crippen LogP) is 2.50. The number of amides is 1. The third-order valence-corrected chi connectivity index (χ3v) is 7.28. The van der Waals surface area contributed by atoms with Crippen molar-refractivity contribution in [1.29, 1.82) is 0 Å². The van der Waals surface area contributed by atoms with E-state index in [9.17, 15) is 4.79 Å². The highest BCUT2D eigenvalue weighted by molar-refractivity contribution is 7.17. The minimum absolute atomic E-state index is 0.109. The molecule has 1 amide bonds. The second-order valence-corrected chi connectivity index (χ2v) is 9.64. The molecule has 6 rings (SSSR count). The van der Waals surface area contributed by atoms with Crippen LogP contribution in [-0.2, 0) is 18.2 Å². The lowest BCUT2D eigenvalue weighted by Crippen LogP contribution is -2.66. The Balaban J connectivity index is 1.18. The smallest absolute Gasteiger partial charge is 0.270 e. The molecule has 4 aromatic rings. The number of aromatic nitrogens is 4. The Morgan fingerprint density at radius 1 is 1.21 bits per heavy atom. The van der Waals surface area contributed by atoms with E-state index in [0.717, 1.165) is 59.0 Å². The molecule has 0 atom stereocenters. The van der Waals surface area contributed by atoms with Crippen molar-refractivity contribution in [2.24, 2.45) is 7.05 Å². The molecule has 168 valence electrons. The van der Waals surface area contributed by atoms with Crippen LogP contribution < -0.4 is 5.32 Å². The van der Waals surface area contributed by atoms with Crippen molar-refractivity contribution in [2.75, 3.05) is 26.3 Å². The van der Waals surface area contributed by atoms with Gasteiger partial charge in [0.2, 0.25) is 0 Å². The summed E-state index contributed by atoms with van der Waals surface area (Å²) in [6.45, 7) is 3.36. The van der Waals surface area contributed by atoms with Crippen LogP contribution in [0.1, 0.15) is 21.6 Å². The van der Waals surface area contributed by atoms with Crippen LogP contribution in [0.5, 0.6) is 0 Å². The van der Waals surface area contributed by atoms with Crippen molar-refractivity contribution in [3.8, 4) is 11.4 Å². The quantitative estimate of drug-likeness (QED) is 0.476. The van der Waals surface area contributed by atoms with E-state index in [-0.39, 0.29) is 11.9 Å². The van der Waals surface area contributed by atoms with Gasteiger partial charge < -0.3 is 10.1 Å². The molecule has 2 aliphatic rings. The van der Waals surface area contributed by atoms with Gasteiger partial charge in [-0.05, 0) is 40.8 Å². The van der Waals surface area contributed by atoms with Crippen LogP contribution in [0.25, 0.3) is 21.6 Å². The van der Waals surface area contributed by atoms with Gasteiger partial charge in [0.1, 0.15) is 11.4 Å². The summed E-state index contributed by atoms with van der Waals surface area (Å²) in [6.07, 6.45) is 4.48. The Hall–Kier alpha value is -3.14. The minimum atomic E-state index is -0.109. The lowest BCUT2D eigenvalue weighted by molar-refractivity contribution is -0.0921. The number of hydrogen-bond acceptors (Lipinski definition) is 7. The van der Waals surface area contributed by atoms with E-state index in [2.05, 4.69) is 31.3 Å². The first-order valence-electron chi connectivity index (χ1n) is 11.1. The summed E-state index contributed by atoms with van der Waals surface area (Å²) in [5.74, 6) is -0.109. The summed E-state index contributed by atoms with van der Waals surface area (Å²) >= 11 is 1.65. The molecule has 4 aromatic heterocycles. The Bertz CT molecular complexity index is 1300. The Morgan fingerprint density at radius 3 is 2.79 bits per heavy atom. The second-order valence-electron chi connectivity index (χ2n) is 8.72. The Morgan fingerprint density at radius 2 is 2.09 bits per heavy atom. The number of nitrogens with zero attached hydrogens (tertiary/aromatic N) is 5. The van der Waals surface area contributed by atoms with Crippen LogP contribution in [0.4, 0.5) is 0 Å². The van der Waals surface area contributed by atoms with Crippen molar-refractivity contribution in [3.63, 3.8) is 0 Å². The molecular weight excluding hydrogens is 436 g/mol. The highest BCUT2D eigenvalue weighted by Crippen LogP contribution is 2.27. The number of fused-ring (bicyclic) bond motifs is 1. The first-order chi connectivity index (χ1) is 16.1. The number of thiophene rings is 1. The number of carbonyl (C=O) groups is 1. The van der Waals surface area contributed by atoms with Gasteiger partial charge in [0.05, 0.1) is 41.2 Å². The molecule has 2 aliphatic heterocycles. The van der Waals surface area contributed by atoms with Crippen molar-refractivity contribution >= 4 is 27.5 Å². The lowest BCUT2D eigenvalue weighted by Gasteiger charge is -2.47. The van der Waals surface area contributed by atoms with Crippen LogP contribution in [0.2, 0.25) is 0 Å². The van der Waals surface area contributed by atoms with Crippen LogP contribution >= 0.6 is 11.3 Å². The molecule has 2 saturated heterocycles. The van der Waals surface area contributed by atoms with Crippen LogP contribution in [0.3, 0.4) is 0 Å². The van der Waals surface area contributed by atoms with Gasteiger partial charge >= 0.3 is 0 Å². The van der Waals surface area contributed by atoms with Gasteiger partial charge in [-0.25, -0.2) is 4.98 Å². The largest absolute Gasteiger partial charge is 0.378 e. The number of pyridine rings is 2. The average Bonchev–Trinajstić information content (AvgIpc) is 3.40. The van der Waals surface area contributed by atoms with Gasteiger partial charge in [-0.15, -0.1) is 11.3 Å². The average molecular weight is 461 g/mol. The van der Waals surface area contributed by atoms with Crippen molar-refractivity contribution < 1.29 is 9.53 Å². The number of likely N-dealkylation sites (tertiary alicyclic amines) is 1. The molecule has 0 radical (unpaired) electrons. The van der Waals surface area contributed by atoms with Crippen LogP contribution in [0, 0.1) is 0 Å². The van der Waals surface area contributed by atoms with E-state index in [1.54, 1.807) is 16.0 Å². The first-order valence-corrected chi connectivity index (χ1v) is 11.9. The normalized spacial score (nSPS) is 17.1. The zero-order valence-corrected chi connectivity index (χ0v) is 19.1. The van der Waals surface area contributed by atoms with Gasteiger partial charge in [-0.1, -0.05) is 6.07 Å². The lowest BCUT2D eigenvalue weighted by atomic mass is 10.0. The van der Waals surface area contributed by atoms with Gasteiger partial charge in [0.25, 0.3) is 5.91 Å². The molecule has 33 heavy (non-hydrogen) atoms. The third kappa shape index (κ3) is 4.03. The fourth-order valence-corrected chi connectivity index (χ4v) is 5.17. The molecule has 0 aliphatic carbocycles. The van der Waals surface area contributed by atoms with Crippen molar-refractivity contribution in [3.05, 3.63) is 64.9 Å². The zero-order valence-electron chi connectivity index (χ0n) is 18.3. The summed E-state index contributed by atoms with van der Waals surface area (Å²) in [4.78, 5) is 24.5. The monoisotopic (exact) mass is 460 g/mol. The topological polar surface area (TPSA) is 85.2 Å². The second kappa shape index (κ2) is 8.33. The van der Waals surface area contributed by atoms with E-state index >= 15 is 0 Å². The maximum absolute atomic E-state index is 12.9. The molecule has 1 N–H and O–H groups in total. The van der Waals surface area contributed by atoms with E-state index in [0.29, 0.717) is 18.2 Å². The Kier molecular flexibility index (Phi) is 5.17. The number of rotatable bonds is 6. The molecule has 0 saturated carbocycles. The fourth-order valence-electron chi connectivity index (χ4n) is 4.32. The highest BCUT2D eigenvalue weighted by Gasteiger charge is 2.36. The molecule has 0 bridgehead atoms. The first kappa shape index (κ1) is 20.5. The molecular formula is C24H24N6O2S. The fraction of sp³-hybridized carbons (Fsp3) is 0.333. The SMILES string of the molecule is Cn1ccc(-c2ccc(Cc3cc(C(=O)NC4CN(C5COC5)C4)nc4ccsc34)cn2)n1. The number of ether oxygens (including phenoxy) is 1. The maximum atomic E-state index is 12.9. The summed E-state index contributed by atoms with van der Waals surface area (Å²) in [7, 11) is 1.89. The van der Waals surface area contributed by atoms with Gasteiger partial charge in [-0.2, -0.15) is 5.10 Å². The molecule has 0 unspecified atom stereocenters. The molecule has 8 nitrogen and oxygen atoms in total. The number of aryl methyl sites for hydroxylation is 1. The van der Waals surface area contributed by atoms with Crippen molar-refractivity contribution in [1.82, 2.24) is 30.0 Å². The Labute approximate surface area is 195 Å². The standard InChI is InChI=1S/C24H24N6O2S/c1-29-6-4-20(28-29)19-3-2-15(10-25-19)8-16-9-22(27-21-5-7-33-23(16)21)24(31)26-17-11-30(12-17)18-13-32-14-18/h2-7,9-10,17-18H,8,11-14H2,1H3,(H,26,31). The molecule has 0 spiro atoms. The van der Waals surface area contributed by atoms with Crippen LogP contribution in [0.15, 0.2) is 48.1 Å². The third-order valence-electron chi connectivity index (χ3n) is 6.30. The van der Waals surface area contributed by atoms with E-state index in [1.165, 1.54) is 0 Å². The zero-order chi connectivity index (χ0) is 22.4. The minimum Gasteiger partial charge on any atom is -0.378 e. The van der Waals surface area contributed by atoms with Gasteiger partial charge in [-0.3, -0.25) is 19.4 Å². The van der Waals surface area contributed by atoms with Gasteiger partial charge in [0.15, 0.2) is 0 Å². The van der Waals surface area contributed by atoms with Gasteiger partial charge in [0, 0.05) is 39.0 Å². The number of nitrogens with one attached hydrogen (secondary N) is 1. The summed E-state index contributed by atoms with van der Waals surface area (Å²) in [5, 5.41) is 9.57. The van der Waals surface area contributed by atoms with E-state index in [1.807, 2.05) is 49.1 Å². The molecule has 0 aromatic carbocycles.